The average Bonchev–Trinajstić information content (AvgIpc) is 2.73. The Morgan fingerprint density at radius 1 is 1.32 bits per heavy atom. The van der Waals surface area contributed by atoms with Crippen molar-refractivity contribution >= 4 is 27.3 Å². The van der Waals surface area contributed by atoms with Crippen LogP contribution >= 0.6 is 27.3 Å². The van der Waals surface area contributed by atoms with E-state index in [-0.39, 0.29) is 0 Å². The molecule has 19 heavy (non-hydrogen) atoms. The summed E-state index contributed by atoms with van der Waals surface area (Å²) in [6.07, 6.45) is 0. The van der Waals surface area contributed by atoms with Crippen molar-refractivity contribution in [3.63, 3.8) is 0 Å². The molecule has 2 heterocycles. The molecule has 0 spiro atoms. The molecule has 2 aromatic rings. The number of nitrogens with zero attached hydrogens (tertiary/aromatic N) is 3. The first-order valence-electron chi connectivity index (χ1n) is 6.05. The number of hydrogen-bond acceptors (Lipinski definition) is 5. The van der Waals surface area contributed by atoms with Gasteiger partial charge in [-0.15, -0.1) is 21.5 Å². The zero-order valence-electron chi connectivity index (χ0n) is 10.5. The van der Waals surface area contributed by atoms with Crippen LogP contribution in [0.4, 0.5) is 0 Å². The van der Waals surface area contributed by atoms with Crippen molar-refractivity contribution in [1.29, 1.82) is 0 Å². The highest BCUT2D eigenvalue weighted by Crippen LogP contribution is 2.33. The maximum absolute atomic E-state index is 10.5. The highest BCUT2D eigenvalue weighted by atomic mass is 79.9. The Kier molecular flexibility index (Phi) is 3.42. The number of rotatable bonds is 3. The van der Waals surface area contributed by atoms with Gasteiger partial charge in [-0.2, -0.15) is 0 Å². The molecular weight excluding hydrogens is 326 g/mol. The molecule has 0 unspecified atom stereocenters. The predicted molar refractivity (Wildman–Crippen MR) is 78.0 cm³/mol. The third-order valence-corrected chi connectivity index (χ3v) is 4.63. The van der Waals surface area contributed by atoms with Crippen LogP contribution in [0.2, 0.25) is 0 Å². The summed E-state index contributed by atoms with van der Waals surface area (Å²) in [5, 5.41) is 20.6. The van der Waals surface area contributed by atoms with Gasteiger partial charge >= 0.3 is 0 Å². The van der Waals surface area contributed by atoms with Gasteiger partial charge in [0.15, 0.2) is 0 Å². The van der Waals surface area contributed by atoms with Gasteiger partial charge in [0.2, 0.25) is 0 Å². The van der Waals surface area contributed by atoms with Crippen molar-refractivity contribution in [2.75, 3.05) is 13.1 Å². The second kappa shape index (κ2) is 4.94. The molecule has 1 fully saturated rings. The number of hydrogen-bond donors (Lipinski definition) is 1. The highest BCUT2D eigenvalue weighted by molar-refractivity contribution is 9.10. The van der Waals surface area contributed by atoms with Crippen LogP contribution in [-0.4, -0.2) is 33.3 Å². The highest BCUT2D eigenvalue weighted by Gasteiger charge is 2.42. The molecule has 1 saturated heterocycles. The molecule has 0 amide bonds. The lowest BCUT2D eigenvalue weighted by Crippen LogP contribution is -2.58. The van der Waals surface area contributed by atoms with Crippen LogP contribution in [0.5, 0.6) is 0 Å². The summed E-state index contributed by atoms with van der Waals surface area (Å²) < 4.78 is 1.03. The molecule has 0 bridgehead atoms. The van der Waals surface area contributed by atoms with E-state index < -0.39 is 5.60 Å². The SMILES string of the molecule is Cc1nnc(CN2CC(O)(c3ccc(Br)cc3)C2)s1. The maximum atomic E-state index is 10.5. The van der Waals surface area contributed by atoms with Gasteiger partial charge in [-0.3, -0.25) is 4.90 Å². The molecule has 0 radical (unpaired) electrons. The van der Waals surface area contributed by atoms with E-state index in [4.69, 9.17) is 0 Å². The van der Waals surface area contributed by atoms with Gasteiger partial charge in [-0.05, 0) is 24.6 Å². The molecule has 6 heteroatoms. The summed E-state index contributed by atoms with van der Waals surface area (Å²) in [5.41, 5.74) is 0.251. The van der Waals surface area contributed by atoms with Crippen LogP contribution in [0.25, 0.3) is 0 Å². The Morgan fingerprint density at radius 2 is 2.00 bits per heavy atom. The maximum Gasteiger partial charge on any atom is 0.131 e. The molecule has 1 aromatic carbocycles. The number of likely N-dealkylation sites (tertiary alicyclic amines) is 1. The molecule has 0 saturated carbocycles. The fourth-order valence-electron chi connectivity index (χ4n) is 2.34. The van der Waals surface area contributed by atoms with Crippen LogP contribution in [0.3, 0.4) is 0 Å². The summed E-state index contributed by atoms with van der Waals surface area (Å²) in [6.45, 7) is 4.01. The third-order valence-electron chi connectivity index (χ3n) is 3.28. The smallest absolute Gasteiger partial charge is 0.131 e. The fourth-order valence-corrected chi connectivity index (χ4v) is 3.36. The molecular formula is C13H14BrN3OS. The van der Waals surface area contributed by atoms with Crippen LogP contribution in [0.15, 0.2) is 28.7 Å². The van der Waals surface area contributed by atoms with E-state index in [9.17, 15) is 5.11 Å². The van der Waals surface area contributed by atoms with Gasteiger partial charge in [-0.1, -0.05) is 28.1 Å². The van der Waals surface area contributed by atoms with Crippen molar-refractivity contribution in [2.24, 2.45) is 0 Å². The average molecular weight is 340 g/mol. The van der Waals surface area contributed by atoms with E-state index in [1.54, 1.807) is 11.3 Å². The molecule has 1 N–H and O–H groups in total. The van der Waals surface area contributed by atoms with Crippen molar-refractivity contribution in [1.82, 2.24) is 15.1 Å². The van der Waals surface area contributed by atoms with E-state index in [0.717, 1.165) is 26.6 Å². The summed E-state index contributed by atoms with van der Waals surface area (Å²) in [4.78, 5) is 2.18. The van der Waals surface area contributed by atoms with Gasteiger partial charge < -0.3 is 5.11 Å². The zero-order valence-corrected chi connectivity index (χ0v) is 12.9. The molecule has 4 nitrogen and oxygen atoms in total. The first-order valence-corrected chi connectivity index (χ1v) is 7.66. The van der Waals surface area contributed by atoms with Crippen molar-refractivity contribution in [2.45, 2.75) is 19.1 Å². The minimum atomic E-state index is -0.722. The minimum Gasteiger partial charge on any atom is -0.382 e. The second-order valence-electron chi connectivity index (χ2n) is 4.90. The summed E-state index contributed by atoms with van der Waals surface area (Å²) in [6, 6.07) is 7.86. The topological polar surface area (TPSA) is 49.2 Å². The number of halogens is 1. The predicted octanol–water partition coefficient (Wildman–Crippen LogP) is 2.31. The van der Waals surface area contributed by atoms with Crippen LogP contribution < -0.4 is 0 Å². The van der Waals surface area contributed by atoms with Crippen LogP contribution in [-0.2, 0) is 12.1 Å². The number of aliphatic hydroxyl groups is 1. The molecule has 0 aliphatic carbocycles. The summed E-state index contributed by atoms with van der Waals surface area (Å²) in [7, 11) is 0. The fraction of sp³-hybridized carbons (Fsp3) is 0.385. The van der Waals surface area contributed by atoms with Gasteiger partial charge in [0, 0.05) is 17.6 Å². The van der Waals surface area contributed by atoms with E-state index in [1.165, 1.54) is 0 Å². The largest absolute Gasteiger partial charge is 0.382 e. The lowest BCUT2D eigenvalue weighted by molar-refractivity contribution is -0.108. The Labute approximate surface area is 124 Å². The molecule has 0 atom stereocenters. The zero-order chi connectivity index (χ0) is 13.5. The number of aromatic nitrogens is 2. The van der Waals surface area contributed by atoms with Crippen molar-refractivity contribution in [3.05, 3.63) is 44.3 Å². The van der Waals surface area contributed by atoms with Gasteiger partial charge in [-0.25, -0.2) is 0 Å². The number of benzene rings is 1. The molecule has 1 aliphatic rings. The minimum absolute atomic E-state index is 0.646. The van der Waals surface area contributed by atoms with Crippen molar-refractivity contribution < 1.29 is 5.11 Å². The Morgan fingerprint density at radius 3 is 2.58 bits per heavy atom. The van der Waals surface area contributed by atoms with Crippen LogP contribution in [0, 0.1) is 6.92 Å². The van der Waals surface area contributed by atoms with Gasteiger partial charge in [0.1, 0.15) is 15.6 Å². The third kappa shape index (κ3) is 2.72. The van der Waals surface area contributed by atoms with E-state index in [1.807, 2.05) is 31.2 Å². The first-order chi connectivity index (χ1) is 9.05. The molecule has 3 rings (SSSR count). The lowest BCUT2D eigenvalue weighted by atomic mass is 9.86. The number of β-amino-alcohol motifs (C(OH)–C–C–N with tert-alkyl or cyclic N) is 1. The summed E-state index contributed by atoms with van der Waals surface area (Å²) in [5.74, 6) is 0. The summed E-state index contributed by atoms with van der Waals surface area (Å²) >= 11 is 5.02. The first kappa shape index (κ1) is 13.2. The Balaban J connectivity index is 1.63. The quantitative estimate of drug-likeness (QED) is 0.932. The Bertz CT molecular complexity index is 578. The van der Waals surface area contributed by atoms with Gasteiger partial charge in [0.25, 0.3) is 0 Å². The van der Waals surface area contributed by atoms with E-state index in [2.05, 4.69) is 31.0 Å². The van der Waals surface area contributed by atoms with Crippen LogP contribution in [0.1, 0.15) is 15.6 Å². The normalized spacial score (nSPS) is 18.3. The monoisotopic (exact) mass is 339 g/mol. The van der Waals surface area contributed by atoms with E-state index >= 15 is 0 Å². The second-order valence-corrected chi connectivity index (χ2v) is 7.08. The van der Waals surface area contributed by atoms with Crippen molar-refractivity contribution in [3.8, 4) is 0 Å². The molecule has 100 valence electrons. The van der Waals surface area contributed by atoms with Gasteiger partial charge in [0.05, 0.1) is 6.54 Å². The Hall–Kier alpha value is -0.820. The number of aryl methyl sites for hydroxylation is 1. The lowest BCUT2D eigenvalue weighted by Gasteiger charge is -2.46. The van der Waals surface area contributed by atoms with E-state index in [0.29, 0.717) is 13.1 Å². The standard InChI is InChI=1S/C13H14BrN3OS/c1-9-15-16-12(19-9)6-17-7-13(18,8-17)10-2-4-11(14)5-3-10/h2-5,18H,6-8H2,1H3. The molecule has 1 aliphatic heterocycles. The molecule has 1 aromatic heterocycles.